The number of nitrogens with one attached hydrogen (secondary N) is 3. The zero-order valence-corrected chi connectivity index (χ0v) is 16.4. The molecule has 1 heterocycles. The van der Waals surface area contributed by atoms with Gasteiger partial charge in [0.2, 0.25) is 0 Å². The van der Waals surface area contributed by atoms with Crippen LogP contribution >= 0.6 is 11.6 Å². The summed E-state index contributed by atoms with van der Waals surface area (Å²) in [4.78, 5) is 46.9. The lowest BCUT2D eigenvalue weighted by Crippen LogP contribution is -2.51. The molecule has 0 bridgehead atoms. The fraction of sp³-hybridized carbons (Fsp3) is 0.100. The molecule has 0 saturated carbocycles. The molecule has 154 valence electrons. The Morgan fingerprint density at radius 2 is 1.77 bits per heavy atom. The fourth-order valence-corrected chi connectivity index (χ4v) is 2.74. The lowest BCUT2D eigenvalue weighted by atomic mass is 10.1. The highest BCUT2D eigenvalue weighted by atomic mass is 35.5. The van der Waals surface area contributed by atoms with Crippen molar-refractivity contribution >= 4 is 47.1 Å². The molecule has 1 aliphatic heterocycles. The maximum atomic E-state index is 12.1. The fourth-order valence-electron chi connectivity index (χ4n) is 2.56. The third-order valence-electron chi connectivity index (χ3n) is 3.95. The van der Waals surface area contributed by atoms with Crippen molar-refractivity contribution in [3.05, 3.63) is 58.6 Å². The van der Waals surface area contributed by atoms with Gasteiger partial charge in [0.25, 0.3) is 17.7 Å². The Morgan fingerprint density at radius 3 is 2.43 bits per heavy atom. The molecule has 5 amide bonds. The number of barbiturate groups is 1. The maximum absolute atomic E-state index is 12.1. The number of hydrogen-bond acceptors (Lipinski definition) is 6. The third-order valence-corrected chi connectivity index (χ3v) is 4.28. The molecule has 0 radical (unpaired) electrons. The van der Waals surface area contributed by atoms with Crippen molar-refractivity contribution in [2.75, 3.05) is 19.0 Å². The summed E-state index contributed by atoms with van der Waals surface area (Å²) in [6, 6.07) is 10.5. The molecule has 1 aliphatic rings. The van der Waals surface area contributed by atoms with Crippen molar-refractivity contribution in [1.29, 1.82) is 0 Å². The van der Waals surface area contributed by atoms with E-state index in [2.05, 4.69) is 5.32 Å². The van der Waals surface area contributed by atoms with Gasteiger partial charge in [-0.1, -0.05) is 29.8 Å². The summed E-state index contributed by atoms with van der Waals surface area (Å²) >= 11 is 6.00. The zero-order valence-electron chi connectivity index (χ0n) is 15.7. The first-order chi connectivity index (χ1) is 14.4. The number of benzene rings is 2. The van der Waals surface area contributed by atoms with Crippen LogP contribution in [0.5, 0.6) is 11.5 Å². The van der Waals surface area contributed by atoms with Crippen molar-refractivity contribution < 1.29 is 28.7 Å². The second kappa shape index (κ2) is 9.10. The molecule has 10 heteroatoms. The van der Waals surface area contributed by atoms with E-state index in [9.17, 15) is 19.2 Å². The Hall–Kier alpha value is -3.85. The minimum Gasteiger partial charge on any atom is -0.493 e. The van der Waals surface area contributed by atoms with Gasteiger partial charge in [0.1, 0.15) is 5.57 Å². The number of halogens is 1. The van der Waals surface area contributed by atoms with Crippen LogP contribution in [0.1, 0.15) is 5.56 Å². The largest absolute Gasteiger partial charge is 0.493 e. The highest BCUT2D eigenvalue weighted by Gasteiger charge is 2.27. The summed E-state index contributed by atoms with van der Waals surface area (Å²) in [5.74, 6) is -1.47. The number of anilines is 1. The third kappa shape index (κ3) is 4.95. The van der Waals surface area contributed by atoms with Gasteiger partial charge in [-0.15, -0.1) is 0 Å². The van der Waals surface area contributed by atoms with Crippen molar-refractivity contribution in [3.63, 3.8) is 0 Å². The van der Waals surface area contributed by atoms with Crippen LogP contribution in [0.15, 0.2) is 48.0 Å². The van der Waals surface area contributed by atoms with Crippen LogP contribution in [-0.4, -0.2) is 37.5 Å². The standard InChI is InChI=1S/C20H16ClN3O6/c1-29-16-9-11(8-12-18(26)23-20(28)24-19(12)27)6-7-15(16)30-10-17(25)22-14-5-3-2-4-13(14)21/h2-9H,10H2,1H3,(H,22,25)(H2,23,24,26,27,28). The number of methoxy groups -OCH3 is 1. The molecule has 0 aromatic heterocycles. The number of rotatable bonds is 6. The van der Waals surface area contributed by atoms with Crippen LogP contribution in [0.4, 0.5) is 10.5 Å². The number of urea groups is 1. The predicted octanol–water partition coefficient (Wildman–Crippen LogP) is 2.12. The van der Waals surface area contributed by atoms with E-state index in [1.54, 1.807) is 30.3 Å². The summed E-state index contributed by atoms with van der Waals surface area (Å²) < 4.78 is 10.8. The van der Waals surface area contributed by atoms with Crippen LogP contribution in [0.3, 0.4) is 0 Å². The Kier molecular flexibility index (Phi) is 6.33. The number of carbonyl (C=O) groups is 4. The molecule has 0 spiro atoms. The number of imide groups is 2. The summed E-state index contributed by atoms with van der Waals surface area (Å²) in [6.07, 6.45) is 1.30. The number of hydrogen-bond donors (Lipinski definition) is 3. The predicted molar refractivity (Wildman–Crippen MR) is 108 cm³/mol. The normalized spacial score (nSPS) is 13.3. The van der Waals surface area contributed by atoms with Crippen LogP contribution in [-0.2, 0) is 14.4 Å². The minimum atomic E-state index is -0.876. The van der Waals surface area contributed by atoms with Gasteiger partial charge < -0.3 is 14.8 Å². The first-order valence-corrected chi connectivity index (χ1v) is 8.98. The van der Waals surface area contributed by atoms with Crippen LogP contribution in [0, 0.1) is 0 Å². The van der Waals surface area contributed by atoms with Gasteiger partial charge in [-0.3, -0.25) is 25.0 Å². The SMILES string of the molecule is COc1cc(C=C2C(=O)NC(=O)NC2=O)ccc1OCC(=O)Nc1ccccc1Cl. The van der Waals surface area contributed by atoms with Gasteiger partial charge in [0.15, 0.2) is 18.1 Å². The smallest absolute Gasteiger partial charge is 0.328 e. The first kappa shape index (κ1) is 20.9. The zero-order chi connectivity index (χ0) is 21.7. The van der Waals surface area contributed by atoms with E-state index in [1.807, 2.05) is 10.6 Å². The molecule has 0 unspecified atom stereocenters. The topological polar surface area (TPSA) is 123 Å². The van der Waals surface area contributed by atoms with E-state index < -0.39 is 23.8 Å². The molecular formula is C20H16ClN3O6. The van der Waals surface area contributed by atoms with Gasteiger partial charge in [-0.2, -0.15) is 0 Å². The van der Waals surface area contributed by atoms with E-state index in [0.29, 0.717) is 16.3 Å². The molecule has 30 heavy (non-hydrogen) atoms. The van der Waals surface area contributed by atoms with E-state index in [1.165, 1.54) is 25.3 Å². The van der Waals surface area contributed by atoms with Gasteiger partial charge >= 0.3 is 6.03 Å². The van der Waals surface area contributed by atoms with Gasteiger partial charge in [-0.05, 0) is 35.9 Å². The Bertz CT molecular complexity index is 1040. The van der Waals surface area contributed by atoms with Gasteiger partial charge in [-0.25, -0.2) is 4.79 Å². The summed E-state index contributed by atoms with van der Waals surface area (Å²) in [7, 11) is 1.40. The van der Waals surface area contributed by atoms with E-state index >= 15 is 0 Å². The molecule has 3 rings (SSSR count). The summed E-state index contributed by atoms with van der Waals surface area (Å²) in [5, 5.41) is 7.01. The quantitative estimate of drug-likeness (QED) is 0.477. The molecule has 2 aromatic carbocycles. The Balaban J connectivity index is 1.70. The Morgan fingerprint density at radius 1 is 1.07 bits per heavy atom. The molecule has 1 fully saturated rings. The van der Waals surface area contributed by atoms with Crippen LogP contribution in [0.2, 0.25) is 5.02 Å². The van der Waals surface area contributed by atoms with Crippen molar-refractivity contribution in [2.45, 2.75) is 0 Å². The number of carbonyl (C=O) groups excluding carboxylic acids is 4. The van der Waals surface area contributed by atoms with Gasteiger partial charge in [0.05, 0.1) is 17.8 Å². The van der Waals surface area contributed by atoms with E-state index in [4.69, 9.17) is 21.1 Å². The second-order valence-electron chi connectivity index (χ2n) is 6.02. The molecule has 0 aliphatic carbocycles. The maximum Gasteiger partial charge on any atom is 0.328 e. The average Bonchev–Trinajstić information content (AvgIpc) is 2.71. The lowest BCUT2D eigenvalue weighted by molar-refractivity contribution is -0.124. The minimum absolute atomic E-state index is 0.232. The van der Waals surface area contributed by atoms with Crippen molar-refractivity contribution in [1.82, 2.24) is 10.6 Å². The molecule has 2 aromatic rings. The highest BCUT2D eigenvalue weighted by molar-refractivity contribution is 6.33. The number of para-hydroxylation sites is 1. The molecular weight excluding hydrogens is 414 g/mol. The summed E-state index contributed by atoms with van der Waals surface area (Å²) in [5.41, 5.74) is 0.683. The molecule has 9 nitrogen and oxygen atoms in total. The van der Waals surface area contributed by atoms with Crippen molar-refractivity contribution in [2.24, 2.45) is 0 Å². The summed E-state index contributed by atoms with van der Waals surface area (Å²) in [6.45, 7) is -0.297. The molecule has 3 N–H and O–H groups in total. The second-order valence-corrected chi connectivity index (χ2v) is 6.43. The molecule has 1 saturated heterocycles. The number of amides is 5. The first-order valence-electron chi connectivity index (χ1n) is 8.61. The average molecular weight is 430 g/mol. The van der Waals surface area contributed by atoms with Crippen LogP contribution in [0.25, 0.3) is 6.08 Å². The van der Waals surface area contributed by atoms with Gasteiger partial charge in [0, 0.05) is 0 Å². The van der Waals surface area contributed by atoms with E-state index in [0.717, 1.165) is 0 Å². The van der Waals surface area contributed by atoms with Crippen molar-refractivity contribution in [3.8, 4) is 11.5 Å². The lowest BCUT2D eigenvalue weighted by Gasteiger charge is -2.15. The van der Waals surface area contributed by atoms with Crippen LogP contribution < -0.4 is 25.4 Å². The van der Waals surface area contributed by atoms with E-state index in [-0.39, 0.29) is 23.7 Å². The Labute approximate surface area is 176 Å². The molecule has 0 atom stereocenters. The monoisotopic (exact) mass is 429 g/mol. The highest BCUT2D eigenvalue weighted by Crippen LogP contribution is 2.29. The number of ether oxygens (including phenoxy) is 2.